The van der Waals surface area contributed by atoms with Crippen molar-refractivity contribution >= 4 is 28.8 Å². The molecule has 9 rings (SSSR count). The van der Waals surface area contributed by atoms with Gasteiger partial charge in [-0.1, -0.05) is 158 Å². The lowest BCUT2D eigenvalue weighted by Crippen LogP contribution is -2.72. The molecule has 1 aromatic heterocycles. The van der Waals surface area contributed by atoms with Crippen LogP contribution >= 0.6 is 0 Å². The van der Waals surface area contributed by atoms with Crippen molar-refractivity contribution in [2.75, 3.05) is 0 Å². The van der Waals surface area contributed by atoms with Crippen molar-refractivity contribution in [1.82, 2.24) is 9.97 Å². The highest BCUT2D eigenvalue weighted by atomic mass is 28.3. The molecule has 44 heavy (non-hydrogen) atoms. The van der Waals surface area contributed by atoms with Gasteiger partial charge < -0.3 is 0 Å². The standard InChI is InChI=1S/C41H28N2Si/c1-3-13-28(14-4-1)40-39-33-18-8-7-15-30(33)27-36(39)42-41(43-40)29-23-25-32(26-24-29)44(31-16-5-2-6-17-31)37-21-11-9-19-34(37)35-20-10-12-22-38(35)44/h1-26H,27H2. The molecule has 0 saturated heterocycles. The van der Waals surface area contributed by atoms with Gasteiger partial charge >= 0.3 is 0 Å². The first-order chi connectivity index (χ1) is 21.8. The van der Waals surface area contributed by atoms with Gasteiger partial charge in [0, 0.05) is 23.1 Å². The van der Waals surface area contributed by atoms with Crippen LogP contribution in [-0.4, -0.2) is 18.0 Å². The maximum absolute atomic E-state index is 5.26. The number of hydrogen-bond donors (Lipinski definition) is 0. The zero-order chi connectivity index (χ0) is 29.1. The molecule has 0 atom stereocenters. The van der Waals surface area contributed by atoms with Crippen LogP contribution in [0.5, 0.6) is 0 Å². The molecule has 0 unspecified atom stereocenters. The molecular weight excluding hydrogens is 549 g/mol. The molecule has 1 aliphatic heterocycles. The normalized spacial score (nSPS) is 13.5. The van der Waals surface area contributed by atoms with Crippen molar-refractivity contribution in [2.45, 2.75) is 6.42 Å². The van der Waals surface area contributed by atoms with E-state index >= 15 is 0 Å². The number of hydrogen-bond acceptors (Lipinski definition) is 2. The van der Waals surface area contributed by atoms with Crippen molar-refractivity contribution in [3.05, 3.63) is 169 Å². The Morgan fingerprint density at radius 1 is 0.432 bits per heavy atom. The third kappa shape index (κ3) is 3.60. The van der Waals surface area contributed by atoms with Gasteiger partial charge in [0.05, 0.1) is 11.4 Å². The first kappa shape index (κ1) is 25.1. The molecule has 0 radical (unpaired) electrons. The third-order valence-corrected chi connectivity index (χ3v) is 14.3. The molecular formula is C41H28N2Si. The Kier molecular flexibility index (Phi) is 5.62. The van der Waals surface area contributed by atoms with E-state index in [1.165, 1.54) is 48.6 Å². The van der Waals surface area contributed by atoms with Gasteiger partial charge in [-0.15, -0.1) is 0 Å². The number of nitrogens with zero attached hydrogens (tertiary/aromatic N) is 2. The lowest BCUT2D eigenvalue weighted by Gasteiger charge is -2.31. The summed E-state index contributed by atoms with van der Waals surface area (Å²) < 4.78 is 0. The highest BCUT2D eigenvalue weighted by molar-refractivity contribution is 7.22. The maximum atomic E-state index is 5.26. The van der Waals surface area contributed by atoms with Gasteiger partial charge in [-0.05, 0) is 43.0 Å². The van der Waals surface area contributed by atoms with Gasteiger partial charge in [0.25, 0.3) is 0 Å². The van der Waals surface area contributed by atoms with Crippen LogP contribution in [0.4, 0.5) is 0 Å². The molecule has 0 bridgehead atoms. The van der Waals surface area contributed by atoms with Crippen LogP contribution in [0.2, 0.25) is 0 Å². The molecule has 0 saturated carbocycles. The predicted molar refractivity (Wildman–Crippen MR) is 184 cm³/mol. The van der Waals surface area contributed by atoms with E-state index in [9.17, 15) is 0 Å². The Balaban J connectivity index is 1.23. The summed E-state index contributed by atoms with van der Waals surface area (Å²) in [6.07, 6.45) is 0.830. The van der Waals surface area contributed by atoms with E-state index < -0.39 is 8.07 Å². The molecule has 2 heterocycles. The molecule has 0 spiro atoms. The lowest BCUT2D eigenvalue weighted by molar-refractivity contribution is 1.08. The minimum Gasteiger partial charge on any atom is -0.232 e. The first-order valence-electron chi connectivity index (χ1n) is 15.2. The second-order valence-corrected chi connectivity index (χ2v) is 15.4. The van der Waals surface area contributed by atoms with Crippen LogP contribution in [-0.2, 0) is 6.42 Å². The molecule has 3 heteroatoms. The fourth-order valence-corrected chi connectivity index (χ4v) is 12.7. The zero-order valence-corrected chi connectivity index (χ0v) is 25.1. The van der Waals surface area contributed by atoms with Crippen molar-refractivity contribution in [2.24, 2.45) is 0 Å². The highest BCUT2D eigenvalue weighted by Gasteiger charge is 2.48. The van der Waals surface area contributed by atoms with Crippen LogP contribution in [0.3, 0.4) is 0 Å². The fraction of sp³-hybridized carbons (Fsp3) is 0.0244. The summed E-state index contributed by atoms with van der Waals surface area (Å²) in [5, 5.41) is 5.70. The Hall–Kier alpha value is -5.38. The van der Waals surface area contributed by atoms with Crippen LogP contribution in [0.1, 0.15) is 11.3 Å². The SMILES string of the molecule is c1ccc(-c2nc(-c3ccc([Si]4(c5ccccc5)c5ccccc5-c5ccccc54)cc3)nc3c2-c2ccccc2C3)cc1. The second-order valence-electron chi connectivity index (χ2n) is 11.7. The Labute approximate surface area is 258 Å². The van der Waals surface area contributed by atoms with Gasteiger partial charge in [-0.25, -0.2) is 9.97 Å². The predicted octanol–water partition coefficient (Wildman–Crippen LogP) is 6.74. The van der Waals surface area contributed by atoms with Crippen LogP contribution in [0.25, 0.3) is 44.9 Å². The van der Waals surface area contributed by atoms with E-state index in [1.807, 2.05) is 0 Å². The lowest BCUT2D eigenvalue weighted by atomic mass is 10.0. The van der Waals surface area contributed by atoms with Gasteiger partial charge in [0.2, 0.25) is 0 Å². The van der Waals surface area contributed by atoms with Crippen molar-refractivity contribution in [3.63, 3.8) is 0 Å². The molecule has 2 nitrogen and oxygen atoms in total. The molecule has 7 aromatic rings. The summed E-state index contributed by atoms with van der Waals surface area (Å²) in [4.78, 5) is 10.5. The molecule has 6 aromatic carbocycles. The van der Waals surface area contributed by atoms with E-state index in [4.69, 9.17) is 9.97 Å². The van der Waals surface area contributed by atoms with Gasteiger partial charge in [0.1, 0.15) is 0 Å². The summed E-state index contributed by atoms with van der Waals surface area (Å²) in [5.74, 6) is 0.782. The molecule has 2 aliphatic rings. The average molecular weight is 577 g/mol. The first-order valence-corrected chi connectivity index (χ1v) is 17.2. The summed E-state index contributed by atoms with van der Waals surface area (Å²) in [6.45, 7) is 0. The zero-order valence-electron chi connectivity index (χ0n) is 24.1. The summed E-state index contributed by atoms with van der Waals surface area (Å²) >= 11 is 0. The van der Waals surface area contributed by atoms with E-state index in [1.54, 1.807) is 0 Å². The second kappa shape index (κ2) is 9.83. The van der Waals surface area contributed by atoms with Crippen molar-refractivity contribution < 1.29 is 0 Å². The van der Waals surface area contributed by atoms with Crippen LogP contribution in [0, 0.1) is 0 Å². The van der Waals surface area contributed by atoms with Crippen LogP contribution < -0.4 is 20.7 Å². The van der Waals surface area contributed by atoms with E-state index in [0.29, 0.717) is 0 Å². The average Bonchev–Trinajstić information content (AvgIpc) is 3.63. The number of aromatic nitrogens is 2. The minimum atomic E-state index is -2.51. The van der Waals surface area contributed by atoms with Crippen molar-refractivity contribution in [3.8, 4) is 44.9 Å². The summed E-state index contributed by atoms with van der Waals surface area (Å²) in [6, 6.07) is 57.6. The summed E-state index contributed by atoms with van der Waals surface area (Å²) in [5.41, 5.74) is 10.7. The van der Waals surface area contributed by atoms with Crippen LogP contribution in [0.15, 0.2) is 158 Å². The largest absolute Gasteiger partial charge is 0.232 e. The Morgan fingerprint density at radius 2 is 0.977 bits per heavy atom. The van der Waals surface area contributed by atoms with Crippen molar-refractivity contribution in [1.29, 1.82) is 0 Å². The van der Waals surface area contributed by atoms with E-state index in [-0.39, 0.29) is 0 Å². The van der Waals surface area contributed by atoms with Gasteiger partial charge in [-0.2, -0.15) is 0 Å². The number of rotatable bonds is 4. The Morgan fingerprint density at radius 3 is 1.66 bits per heavy atom. The monoisotopic (exact) mass is 576 g/mol. The minimum absolute atomic E-state index is 0.782. The Bertz CT molecular complexity index is 2140. The molecule has 0 N–H and O–H groups in total. The molecule has 0 amide bonds. The highest BCUT2D eigenvalue weighted by Crippen LogP contribution is 2.42. The van der Waals surface area contributed by atoms with Gasteiger partial charge in [-0.3, -0.25) is 0 Å². The topological polar surface area (TPSA) is 25.8 Å². The molecule has 0 fully saturated rings. The smallest absolute Gasteiger partial charge is 0.180 e. The third-order valence-electron chi connectivity index (χ3n) is 9.41. The number of fused-ring (bicyclic) bond motifs is 6. The molecule has 1 aliphatic carbocycles. The quantitative estimate of drug-likeness (QED) is 0.217. The van der Waals surface area contributed by atoms with E-state index in [0.717, 1.165) is 34.8 Å². The van der Waals surface area contributed by atoms with Gasteiger partial charge in [0.15, 0.2) is 13.9 Å². The molecule has 206 valence electrons. The summed E-state index contributed by atoms with van der Waals surface area (Å²) in [7, 11) is -2.51. The number of benzene rings is 6. The van der Waals surface area contributed by atoms with E-state index in [2.05, 4.69) is 158 Å². The fourth-order valence-electron chi connectivity index (χ4n) is 7.53. The maximum Gasteiger partial charge on any atom is 0.180 e.